The minimum Gasteiger partial charge on any atom is -0.336 e. The van der Waals surface area contributed by atoms with Crippen LogP contribution in [0.5, 0.6) is 0 Å². The summed E-state index contributed by atoms with van der Waals surface area (Å²) in [7, 11) is -2.38. The molecule has 2 aromatic carbocycles. The number of amides is 1. The second kappa shape index (κ2) is 9.57. The van der Waals surface area contributed by atoms with Gasteiger partial charge in [-0.3, -0.25) is 9.59 Å². The predicted molar refractivity (Wildman–Crippen MR) is 128 cm³/mol. The average Bonchev–Trinajstić information content (AvgIpc) is 2.86. The fourth-order valence-corrected chi connectivity index (χ4v) is 6.56. The summed E-state index contributed by atoms with van der Waals surface area (Å²) < 4.78 is 29.6. The summed E-state index contributed by atoms with van der Waals surface area (Å²) in [5.41, 5.74) is 1.13. The van der Waals surface area contributed by atoms with Crippen LogP contribution in [0.4, 0.5) is 4.39 Å². The van der Waals surface area contributed by atoms with Gasteiger partial charge in [-0.2, -0.15) is 5.10 Å². The predicted octanol–water partition coefficient (Wildman–Crippen LogP) is 3.73. The maximum atomic E-state index is 14.6. The van der Waals surface area contributed by atoms with Crippen molar-refractivity contribution in [1.82, 2.24) is 19.8 Å². The molecule has 2 heterocycles. The van der Waals surface area contributed by atoms with Crippen LogP contribution in [0.2, 0.25) is 0 Å². The topological polar surface area (TPSA) is 86.4 Å². The van der Waals surface area contributed by atoms with Crippen LogP contribution in [0.15, 0.2) is 47.3 Å². The van der Waals surface area contributed by atoms with Crippen molar-refractivity contribution < 1.29 is 13.8 Å². The average molecular weight is 470 g/mol. The Bertz CT molecular complexity index is 1280. The molecule has 1 saturated heterocycles. The molecule has 0 radical (unpaired) electrons. The van der Waals surface area contributed by atoms with E-state index in [1.807, 2.05) is 30.7 Å². The fourth-order valence-electron chi connectivity index (χ4n) is 4.40. The van der Waals surface area contributed by atoms with E-state index in [0.29, 0.717) is 56.0 Å². The summed E-state index contributed by atoms with van der Waals surface area (Å²) in [5, 5.41) is 7.95. The molecule has 0 aliphatic carbocycles. The number of carbonyl (C=O) groups excluding carboxylic acids is 1. The highest BCUT2D eigenvalue weighted by Crippen LogP contribution is 2.49. The third-order valence-corrected chi connectivity index (χ3v) is 9.86. The van der Waals surface area contributed by atoms with Crippen LogP contribution in [0, 0.1) is 5.82 Å². The van der Waals surface area contributed by atoms with Crippen molar-refractivity contribution in [3.05, 3.63) is 75.5 Å². The summed E-state index contributed by atoms with van der Waals surface area (Å²) in [6.45, 7) is 5.75. The summed E-state index contributed by atoms with van der Waals surface area (Å²) >= 11 is 0. The minimum absolute atomic E-state index is 0.0174. The molecule has 9 heteroatoms. The molecule has 1 aromatic heterocycles. The summed E-state index contributed by atoms with van der Waals surface area (Å²) in [6, 6.07) is 11.7. The van der Waals surface area contributed by atoms with Gasteiger partial charge in [0.2, 0.25) is 0 Å². The normalized spacial score (nSPS) is 15.2. The van der Waals surface area contributed by atoms with Crippen molar-refractivity contribution in [2.45, 2.75) is 20.3 Å². The van der Waals surface area contributed by atoms with E-state index in [9.17, 15) is 18.5 Å². The van der Waals surface area contributed by atoms with Crippen LogP contribution in [0.3, 0.4) is 0 Å². The highest BCUT2D eigenvalue weighted by molar-refractivity contribution is 7.61. The number of nitrogens with zero attached hydrogens (tertiary/aromatic N) is 3. The Morgan fingerprint density at radius 2 is 1.73 bits per heavy atom. The first-order valence-corrected chi connectivity index (χ1v) is 13.3. The zero-order chi connectivity index (χ0) is 23.6. The molecular formula is C24H28FN4O3P. The van der Waals surface area contributed by atoms with E-state index in [4.69, 9.17) is 0 Å². The van der Waals surface area contributed by atoms with Gasteiger partial charge in [-0.25, -0.2) is 14.2 Å². The van der Waals surface area contributed by atoms with E-state index in [-0.39, 0.29) is 17.0 Å². The van der Waals surface area contributed by atoms with E-state index < -0.39 is 13.1 Å². The molecule has 0 saturated carbocycles. The Morgan fingerprint density at radius 1 is 1.06 bits per heavy atom. The molecule has 4 rings (SSSR count). The van der Waals surface area contributed by atoms with Gasteiger partial charge in [-0.05, 0) is 23.8 Å². The first-order chi connectivity index (χ1) is 15.9. The molecule has 0 bridgehead atoms. The molecule has 3 aromatic rings. The Labute approximate surface area is 192 Å². The molecule has 174 valence electrons. The fraction of sp³-hybridized carbons (Fsp3) is 0.375. The minimum atomic E-state index is -2.38. The van der Waals surface area contributed by atoms with Crippen molar-refractivity contribution in [3.63, 3.8) is 0 Å². The van der Waals surface area contributed by atoms with Gasteiger partial charge in [0, 0.05) is 50.3 Å². The van der Waals surface area contributed by atoms with Crippen molar-refractivity contribution in [2.24, 2.45) is 0 Å². The molecule has 0 atom stereocenters. The number of halogens is 1. The van der Waals surface area contributed by atoms with Gasteiger partial charge in [0.05, 0.1) is 16.6 Å². The molecule has 1 aliphatic heterocycles. The van der Waals surface area contributed by atoms with Crippen molar-refractivity contribution in [2.75, 3.05) is 38.5 Å². The van der Waals surface area contributed by atoms with E-state index in [0.717, 1.165) is 10.9 Å². The summed E-state index contributed by atoms with van der Waals surface area (Å²) in [5.74, 6) is -0.936. The first kappa shape index (κ1) is 23.3. The molecule has 1 N–H and O–H groups in total. The smallest absolute Gasteiger partial charge is 0.272 e. The largest absolute Gasteiger partial charge is 0.336 e. The number of aromatic nitrogens is 2. The number of benzene rings is 2. The number of carbonyl (C=O) groups is 1. The number of hydrogen-bond donors (Lipinski definition) is 1. The highest BCUT2D eigenvalue weighted by atomic mass is 31.2. The number of piperazine rings is 1. The first-order valence-electron chi connectivity index (χ1n) is 11.2. The lowest BCUT2D eigenvalue weighted by atomic mass is 10.0. The second-order valence-electron chi connectivity index (χ2n) is 8.26. The maximum absolute atomic E-state index is 14.6. The zero-order valence-electron chi connectivity index (χ0n) is 18.9. The van der Waals surface area contributed by atoms with Crippen LogP contribution in [0.25, 0.3) is 10.8 Å². The van der Waals surface area contributed by atoms with Gasteiger partial charge in [-0.1, -0.05) is 38.1 Å². The SMILES string of the molecule is CCP(=O)(CC)N1CCN(C(=O)c2cc(Cc3n[nH]c(=O)c4ccccc34)ccc2F)CC1. The Hall–Kier alpha value is -2.83. The monoisotopic (exact) mass is 470 g/mol. The van der Waals surface area contributed by atoms with Crippen LogP contribution >= 0.6 is 7.29 Å². The van der Waals surface area contributed by atoms with Crippen LogP contribution < -0.4 is 5.56 Å². The van der Waals surface area contributed by atoms with Gasteiger partial charge in [0.25, 0.3) is 11.5 Å². The Kier molecular flexibility index (Phi) is 6.77. The van der Waals surface area contributed by atoms with Crippen LogP contribution in [-0.4, -0.2) is 64.2 Å². The lowest BCUT2D eigenvalue weighted by Crippen LogP contribution is -2.47. The number of nitrogens with one attached hydrogen (secondary N) is 1. The van der Waals surface area contributed by atoms with Gasteiger partial charge in [0.1, 0.15) is 13.1 Å². The lowest BCUT2D eigenvalue weighted by molar-refractivity contribution is 0.0692. The van der Waals surface area contributed by atoms with E-state index in [1.54, 1.807) is 29.2 Å². The van der Waals surface area contributed by atoms with E-state index >= 15 is 0 Å². The van der Waals surface area contributed by atoms with Crippen molar-refractivity contribution >= 4 is 24.0 Å². The van der Waals surface area contributed by atoms with Gasteiger partial charge < -0.3 is 9.46 Å². The van der Waals surface area contributed by atoms with Gasteiger partial charge >= 0.3 is 0 Å². The lowest BCUT2D eigenvalue weighted by Gasteiger charge is -2.38. The highest BCUT2D eigenvalue weighted by Gasteiger charge is 2.32. The molecular weight excluding hydrogens is 442 g/mol. The van der Waals surface area contributed by atoms with Crippen molar-refractivity contribution in [1.29, 1.82) is 0 Å². The zero-order valence-corrected chi connectivity index (χ0v) is 19.8. The van der Waals surface area contributed by atoms with Gasteiger partial charge in [0.15, 0.2) is 0 Å². The molecule has 1 fully saturated rings. The van der Waals surface area contributed by atoms with Crippen LogP contribution in [-0.2, 0) is 11.0 Å². The number of fused-ring (bicyclic) bond motifs is 1. The molecule has 33 heavy (non-hydrogen) atoms. The van der Waals surface area contributed by atoms with Gasteiger partial charge in [-0.15, -0.1) is 0 Å². The number of hydrogen-bond acceptors (Lipinski definition) is 4. The quantitative estimate of drug-likeness (QED) is 0.555. The summed E-state index contributed by atoms with van der Waals surface area (Å²) in [4.78, 5) is 26.8. The molecule has 0 spiro atoms. The number of aromatic amines is 1. The third kappa shape index (κ3) is 4.63. The van der Waals surface area contributed by atoms with E-state index in [2.05, 4.69) is 10.2 Å². The number of rotatable bonds is 6. The molecule has 1 aliphatic rings. The van der Waals surface area contributed by atoms with Crippen LogP contribution in [0.1, 0.15) is 35.5 Å². The molecule has 7 nitrogen and oxygen atoms in total. The maximum Gasteiger partial charge on any atom is 0.272 e. The Morgan fingerprint density at radius 3 is 2.39 bits per heavy atom. The Balaban J connectivity index is 1.54. The molecule has 1 amide bonds. The van der Waals surface area contributed by atoms with E-state index in [1.165, 1.54) is 6.07 Å². The third-order valence-electron chi connectivity index (χ3n) is 6.45. The number of H-pyrrole nitrogens is 1. The second-order valence-corrected chi connectivity index (χ2v) is 11.8. The standard InChI is InChI=1S/C24H28FN4O3P/c1-3-33(32,4-2)29-13-11-28(12-14-29)24(31)20-15-17(9-10-21(20)25)16-22-18-7-5-6-8-19(18)23(30)27-26-22/h5-10,15H,3-4,11-14,16H2,1-2H3,(H,27,30). The van der Waals surface area contributed by atoms with Crippen molar-refractivity contribution in [3.8, 4) is 0 Å². The molecule has 0 unspecified atom stereocenters. The summed E-state index contributed by atoms with van der Waals surface area (Å²) in [6.07, 6.45) is 1.57.